The fraction of sp³-hybridized carbons (Fsp3) is 0.143. The van der Waals surface area contributed by atoms with Crippen molar-refractivity contribution in [2.75, 3.05) is 0 Å². The van der Waals surface area contributed by atoms with Crippen LogP contribution >= 0.6 is 0 Å². The Bertz CT molecular complexity index is 576. The van der Waals surface area contributed by atoms with Crippen LogP contribution in [0.3, 0.4) is 0 Å². The summed E-state index contributed by atoms with van der Waals surface area (Å²) < 4.78 is 0. The van der Waals surface area contributed by atoms with Crippen molar-refractivity contribution < 1.29 is 9.59 Å². The molecule has 2 amide bonds. The van der Waals surface area contributed by atoms with Crippen molar-refractivity contribution in [2.45, 2.75) is 12.8 Å². The molecule has 0 unspecified atom stereocenters. The first-order valence-corrected chi connectivity index (χ1v) is 6.12. The number of hydrogen-bond acceptors (Lipinski definition) is 4. The Hall–Kier alpha value is -2.76. The number of rotatable bonds is 5. The molecule has 20 heavy (non-hydrogen) atoms. The van der Waals surface area contributed by atoms with E-state index in [1.54, 1.807) is 6.08 Å². The highest BCUT2D eigenvalue weighted by Gasteiger charge is 2.16. The molecule has 1 aliphatic rings. The SMILES string of the molecule is O=C(CC1=NNC(=O)C1)NN=CC=Cc1ccccc1. The van der Waals surface area contributed by atoms with Crippen LogP contribution in [0.15, 0.2) is 46.6 Å². The monoisotopic (exact) mass is 270 g/mol. The minimum Gasteiger partial charge on any atom is -0.273 e. The van der Waals surface area contributed by atoms with E-state index in [9.17, 15) is 9.59 Å². The normalized spacial score (nSPS) is 14.6. The summed E-state index contributed by atoms with van der Waals surface area (Å²) in [6.07, 6.45) is 5.33. The summed E-state index contributed by atoms with van der Waals surface area (Å²) in [5.41, 5.74) is 6.23. The molecule has 1 aliphatic heterocycles. The average Bonchev–Trinajstić information content (AvgIpc) is 2.85. The minimum atomic E-state index is -0.301. The topological polar surface area (TPSA) is 82.9 Å². The average molecular weight is 270 g/mol. The maximum absolute atomic E-state index is 11.5. The predicted molar refractivity (Wildman–Crippen MR) is 76.9 cm³/mol. The Morgan fingerprint density at radius 2 is 2.20 bits per heavy atom. The number of nitrogens with one attached hydrogen (secondary N) is 2. The highest BCUT2D eigenvalue weighted by Crippen LogP contribution is 2.00. The van der Waals surface area contributed by atoms with E-state index in [0.29, 0.717) is 5.71 Å². The van der Waals surface area contributed by atoms with Crippen LogP contribution in [0.4, 0.5) is 0 Å². The third-order valence-electron chi connectivity index (χ3n) is 2.51. The summed E-state index contributed by atoms with van der Waals surface area (Å²) in [7, 11) is 0. The molecule has 2 rings (SSSR count). The maximum Gasteiger partial charge on any atom is 0.245 e. The van der Waals surface area contributed by atoms with Crippen LogP contribution in [0.1, 0.15) is 18.4 Å². The fourth-order valence-electron chi connectivity index (χ4n) is 1.60. The number of amides is 2. The van der Waals surface area contributed by atoms with Crippen LogP contribution in [-0.4, -0.2) is 23.7 Å². The van der Waals surface area contributed by atoms with Crippen LogP contribution < -0.4 is 10.9 Å². The van der Waals surface area contributed by atoms with Gasteiger partial charge in [-0.15, -0.1) is 0 Å². The Morgan fingerprint density at radius 1 is 1.40 bits per heavy atom. The first-order valence-electron chi connectivity index (χ1n) is 6.12. The third-order valence-corrected chi connectivity index (χ3v) is 2.51. The molecule has 0 saturated carbocycles. The zero-order chi connectivity index (χ0) is 14.2. The van der Waals surface area contributed by atoms with E-state index in [1.807, 2.05) is 36.4 Å². The lowest BCUT2D eigenvalue weighted by molar-refractivity contribution is -0.119. The molecule has 0 spiro atoms. The van der Waals surface area contributed by atoms with Gasteiger partial charge in [0, 0.05) is 6.21 Å². The fourth-order valence-corrected chi connectivity index (χ4v) is 1.60. The Balaban J connectivity index is 1.72. The second kappa shape index (κ2) is 6.98. The number of hydrogen-bond donors (Lipinski definition) is 2. The van der Waals surface area contributed by atoms with E-state index in [0.717, 1.165) is 5.56 Å². The van der Waals surface area contributed by atoms with Gasteiger partial charge in [-0.05, 0) is 11.6 Å². The van der Waals surface area contributed by atoms with Crippen LogP contribution in [-0.2, 0) is 9.59 Å². The molecule has 0 atom stereocenters. The molecule has 6 heteroatoms. The number of allylic oxidation sites excluding steroid dienone is 1. The van der Waals surface area contributed by atoms with Gasteiger partial charge in [-0.3, -0.25) is 9.59 Å². The molecule has 2 N–H and O–H groups in total. The van der Waals surface area contributed by atoms with Gasteiger partial charge in [0.1, 0.15) is 0 Å². The van der Waals surface area contributed by atoms with Gasteiger partial charge in [0.2, 0.25) is 11.8 Å². The van der Waals surface area contributed by atoms with E-state index in [1.165, 1.54) is 6.21 Å². The molecule has 0 aliphatic carbocycles. The van der Waals surface area contributed by atoms with Crippen LogP contribution in [0.2, 0.25) is 0 Å². The van der Waals surface area contributed by atoms with Gasteiger partial charge < -0.3 is 0 Å². The Kier molecular flexibility index (Phi) is 4.77. The minimum absolute atomic E-state index is 0.0679. The van der Waals surface area contributed by atoms with Gasteiger partial charge in [-0.1, -0.05) is 36.4 Å². The van der Waals surface area contributed by atoms with Crippen molar-refractivity contribution >= 4 is 29.8 Å². The molecular weight excluding hydrogens is 256 g/mol. The lowest BCUT2D eigenvalue weighted by Gasteiger charge is -1.96. The molecule has 6 nitrogen and oxygen atoms in total. The van der Waals surface area contributed by atoms with E-state index in [-0.39, 0.29) is 24.7 Å². The van der Waals surface area contributed by atoms with Crippen molar-refractivity contribution in [3.63, 3.8) is 0 Å². The summed E-state index contributed by atoms with van der Waals surface area (Å²) in [5, 5.41) is 7.51. The van der Waals surface area contributed by atoms with Crippen molar-refractivity contribution in [2.24, 2.45) is 10.2 Å². The third kappa shape index (κ3) is 4.49. The molecule has 0 aromatic heterocycles. The van der Waals surface area contributed by atoms with Crippen molar-refractivity contribution in [1.82, 2.24) is 10.9 Å². The molecule has 1 heterocycles. The van der Waals surface area contributed by atoms with Gasteiger partial charge >= 0.3 is 0 Å². The van der Waals surface area contributed by atoms with E-state index >= 15 is 0 Å². The lowest BCUT2D eigenvalue weighted by atomic mass is 10.2. The first kappa shape index (κ1) is 13.7. The smallest absolute Gasteiger partial charge is 0.245 e. The summed E-state index contributed by atoms with van der Waals surface area (Å²) in [5.74, 6) is -0.494. The number of hydrazone groups is 2. The predicted octanol–water partition coefficient (Wildman–Crippen LogP) is 1.07. The Labute approximate surface area is 116 Å². The molecular formula is C14H14N4O2. The maximum atomic E-state index is 11.5. The number of carbonyl (C=O) groups excluding carboxylic acids is 2. The Morgan fingerprint density at radius 3 is 2.90 bits per heavy atom. The second-order valence-electron chi connectivity index (χ2n) is 4.15. The van der Waals surface area contributed by atoms with Gasteiger partial charge in [0.25, 0.3) is 0 Å². The quantitative estimate of drug-likeness (QED) is 0.619. The first-order chi connectivity index (χ1) is 9.74. The van der Waals surface area contributed by atoms with Gasteiger partial charge in [0.15, 0.2) is 0 Å². The van der Waals surface area contributed by atoms with Gasteiger partial charge in [0.05, 0.1) is 18.6 Å². The number of nitrogens with zero attached hydrogens (tertiary/aromatic N) is 2. The van der Waals surface area contributed by atoms with Gasteiger partial charge in [-0.25, -0.2) is 10.9 Å². The highest BCUT2D eigenvalue weighted by atomic mass is 16.2. The summed E-state index contributed by atoms with van der Waals surface area (Å²) in [6, 6.07) is 9.75. The highest BCUT2D eigenvalue weighted by molar-refractivity contribution is 6.11. The zero-order valence-corrected chi connectivity index (χ0v) is 10.7. The number of carbonyl (C=O) groups is 2. The van der Waals surface area contributed by atoms with E-state index in [2.05, 4.69) is 21.1 Å². The van der Waals surface area contributed by atoms with Crippen molar-refractivity contribution in [1.29, 1.82) is 0 Å². The molecule has 1 aromatic carbocycles. The standard InChI is InChI=1S/C14H14N4O2/c19-13(9-12-10-14(20)18-16-12)17-15-8-4-7-11-5-2-1-3-6-11/h1-8H,9-10H2,(H,17,19)(H,18,20). The van der Waals surface area contributed by atoms with Crippen molar-refractivity contribution in [3.05, 3.63) is 42.0 Å². The van der Waals surface area contributed by atoms with E-state index in [4.69, 9.17) is 0 Å². The molecule has 0 bridgehead atoms. The van der Waals surface area contributed by atoms with Crippen LogP contribution in [0, 0.1) is 0 Å². The molecule has 1 aromatic rings. The largest absolute Gasteiger partial charge is 0.273 e. The molecule has 0 saturated heterocycles. The second-order valence-corrected chi connectivity index (χ2v) is 4.15. The molecule has 102 valence electrons. The van der Waals surface area contributed by atoms with Crippen LogP contribution in [0.5, 0.6) is 0 Å². The summed E-state index contributed by atoms with van der Waals surface area (Å²) >= 11 is 0. The zero-order valence-electron chi connectivity index (χ0n) is 10.7. The summed E-state index contributed by atoms with van der Waals surface area (Å²) in [6.45, 7) is 0. The molecule has 0 radical (unpaired) electrons. The van der Waals surface area contributed by atoms with E-state index < -0.39 is 0 Å². The van der Waals surface area contributed by atoms with Gasteiger partial charge in [-0.2, -0.15) is 10.2 Å². The van der Waals surface area contributed by atoms with Crippen molar-refractivity contribution in [3.8, 4) is 0 Å². The lowest BCUT2D eigenvalue weighted by Crippen LogP contribution is -2.20. The van der Waals surface area contributed by atoms with Crippen LogP contribution in [0.25, 0.3) is 6.08 Å². The summed E-state index contributed by atoms with van der Waals surface area (Å²) in [4.78, 5) is 22.3. The molecule has 0 fully saturated rings. The number of benzene rings is 1.